The largest absolute Gasteiger partial charge is 0.367 e. The Morgan fingerprint density at radius 2 is 2.26 bits per heavy atom. The Balaban J connectivity index is 1.78. The van der Waals surface area contributed by atoms with Crippen molar-refractivity contribution in [3.8, 4) is 6.07 Å². The molecule has 0 aromatic heterocycles. The fourth-order valence-corrected chi connectivity index (χ4v) is 3.94. The minimum absolute atomic E-state index is 0.0343. The molecule has 5 nitrogen and oxygen atoms in total. The maximum Gasteiger partial charge on any atom is 0.174 e. The van der Waals surface area contributed by atoms with E-state index in [-0.39, 0.29) is 27.5 Å². The van der Waals surface area contributed by atoms with E-state index in [2.05, 4.69) is 28.7 Å². The van der Waals surface area contributed by atoms with Crippen LogP contribution in [0.4, 0.5) is 0 Å². The fraction of sp³-hybridized carbons (Fsp3) is 0.923. The highest BCUT2D eigenvalue weighted by Crippen LogP contribution is 2.63. The summed E-state index contributed by atoms with van der Waals surface area (Å²) < 4.78 is 10.9. The number of aliphatic hydroxyl groups is 2. The van der Waals surface area contributed by atoms with Crippen LogP contribution in [-0.4, -0.2) is 38.4 Å². The van der Waals surface area contributed by atoms with E-state index in [9.17, 15) is 15.5 Å². The molecule has 0 amide bonds. The van der Waals surface area contributed by atoms with Crippen molar-refractivity contribution in [2.75, 3.05) is 0 Å². The number of ether oxygens (including phenoxy) is 2. The van der Waals surface area contributed by atoms with E-state index in [0.29, 0.717) is 6.42 Å². The third kappa shape index (κ3) is 1.86. The van der Waals surface area contributed by atoms with Gasteiger partial charge in [0.25, 0.3) is 0 Å². The van der Waals surface area contributed by atoms with E-state index in [1.807, 2.05) is 13.8 Å². The van der Waals surface area contributed by atoms with Gasteiger partial charge in [-0.1, -0.05) is 22.6 Å². The number of hydrogen-bond donors (Lipinski definition) is 2. The van der Waals surface area contributed by atoms with Crippen LogP contribution in [0.15, 0.2) is 0 Å². The van der Waals surface area contributed by atoms with Gasteiger partial charge in [-0.3, -0.25) is 0 Å². The molecule has 0 spiro atoms. The molecule has 6 heteroatoms. The van der Waals surface area contributed by atoms with Crippen LogP contribution in [0.2, 0.25) is 0 Å². The summed E-state index contributed by atoms with van der Waals surface area (Å²) in [7, 11) is 0. The van der Waals surface area contributed by atoms with Gasteiger partial charge in [0.2, 0.25) is 0 Å². The van der Waals surface area contributed by atoms with Gasteiger partial charge in [0.05, 0.1) is 21.7 Å². The lowest BCUT2D eigenvalue weighted by molar-refractivity contribution is -0.195. The normalized spacial score (nSPS) is 49.4. The number of alkyl halides is 1. The van der Waals surface area contributed by atoms with Crippen molar-refractivity contribution >= 4 is 22.6 Å². The lowest BCUT2D eigenvalue weighted by Gasteiger charge is -2.34. The first-order valence-electron chi connectivity index (χ1n) is 6.57. The van der Waals surface area contributed by atoms with Crippen LogP contribution < -0.4 is 0 Å². The summed E-state index contributed by atoms with van der Waals surface area (Å²) in [6, 6.07) is 2.26. The van der Waals surface area contributed by atoms with Gasteiger partial charge < -0.3 is 19.7 Å². The molecule has 2 saturated carbocycles. The van der Waals surface area contributed by atoms with Crippen LogP contribution >= 0.6 is 22.6 Å². The number of hydrogen-bond acceptors (Lipinski definition) is 5. The molecule has 3 rings (SSSR count). The molecule has 7 atom stereocenters. The van der Waals surface area contributed by atoms with Gasteiger partial charge in [0.1, 0.15) is 5.41 Å². The van der Waals surface area contributed by atoms with Gasteiger partial charge in [0, 0.05) is 5.92 Å². The van der Waals surface area contributed by atoms with Crippen molar-refractivity contribution in [1.29, 1.82) is 5.26 Å². The molecule has 1 heterocycles. The van der Waals surface area contributed by atoms with Gasteiger partial charge in [-0.25, -0.2) is 0 Å². The number of rotatable bonds is 3. The van der Waals surface area contributed by atoms with Crippen LogP contribution in [0.3, 0.4) is 0 Å². The summed E-state index contributed by atoms with van der Waals surface area (Å²) in [4.78, 5) is 0. The van der Waals surface area contributed by atoms with E-state index in [1.165, 1.54) is 0 Å². The Kier molecular flexibility index (Phi) is 3.15. The molecular weight excluding hydrogens is 361 g/mol. The monoisotopic (exact) mass is 379 g/mol. The Labute approximate surface area is 126 Å². The average molecular weight is 379 g/mol. The first-order chi connectivity index (χ1) is 8.79. The zero-order chi connectivity index (χ0) is 14.0. The predicted molar refractivity (Wildman–Crippen MR) is 74.1 cm³/mol. The van der Waals surface area contributed by atoms with Gasteiger partial charge in [-0.2, -0.15) is 5.26 Å². The van der Waals surface area contributed by atoms with E-state index in [4.69, 9.17) is 9.47 Å². The van der Waals surface area contributed by atoms with Crippen molar-refractivity contribution in [1.82, 2.24) is 0 Å². The molecule has 1 saturated heterocycles. The number of aliphatic hydroxyl groups excluding tert-OH is 2. The second-order valence-corrected chi connectivity index (χ2v) is 9.21. The molecule has 0 radical (unpaired) electrons. The summed E-state index contributed by atoms with van der Waals surface area (Å²) >= 11 is 2.15. The molecule has 2 N–H and O–H groups in total. The van der Waals surface area contributed by atoms with Crippen LogP contribution in [-0.2, 0) is 9.47 Å². The van der Waals surface area contributed by atoms with Crippen molar-refractivity contribution < 1.29 is 19.7 Å². The molecule has 19 heavy (non-hydrogen) atoms. The Hall–Kier alpha value is 0.0600. The summed E-state index contributed by atoms with van der Waals surface area (Å²) in [5.41, 5.74) is -0.750. The number of halogens is 1. The van der Waals surface area contributed by atoms with Gasteiger partial charge in [-0.15, -0.1) is 0 Å². The SMILES string of the molecule is CC(C)(I)C(O)OC1C2CC3C1OC(O)C3(C#N)C2. The van der Waals surface area contributed by atoms with E-state index in [1.54, 1.807) is 0 Å². The smallest absolute Gasteiger partial charge is 0.174 e. The van der Waals surface area contributed by atoms with Crippen LogP contribution in [0, 0.1) is 28.6 Å². The number of nitrogens with zero attached hydrogens (tertiary/aromatic N) is 1. The molecule has 0 aromatic carbocycles. The third-order valence-electron chi connectivity index (χ3n) is 4.81. The highest BCUT2D eigenvalue weighted by Gasteiger charge is 2.70. The molecule has 0 aromatic rings. The summed E-state index contributed by atoms with van der Waals surface area (Å²) in [5.74, 6) is 0.229. The topological polar surface area (TPSA) is 82.7 Å². The fourth-order valence-electron chi connectivity index (χ4n) is 3.79. The van der Waals surface area contributed by atoms with Crippen molar-refractivity contribution in [3.63, 3.8) is 0 Å². The van der Waals surface area contributed by atoms with Gasteiger partial charge >= 0.3 is 0 Å². The van der Waals surface area contributed by atoms with Crippen LogP contribution in [0.25, 0.3) is 0 Å². The third-order valence-corrected chi connectivity index (χ3v) is 5.34. The van der Waals surface area contributed by atoms with Crippen LogP contribution in [0.1, 0.15) is 26.7 Å². The van der Waals surface area contributed by atoms with E-state index < -0.39 is 18.0 Å². The van der Waals surface area contributed by atoms with Crippen molar-refractivity contribution in [2.45, 2.75) is 54.9 Å². The molecule has 106 valence electrons. The molecule has 1 aliphatic heterocycles. The lowest BCUT2D eigenvalue weighted by atomic mass is 9.74. The average Bonchev–Trinajstić information content (AvgIpc) is 2.89. The van der Waals surface area contributed by atoms with E-state index >= 15 is 0 Å². The minimum Gasteiger partial charge on any atom is -0.367 e. The highest BCUT2D eigenvalue weighted by atomic mass is 127. The maximum absolute atomic E-state index is 10.1. The highest BCUT2D eigenvalue weighted by molar-refractivity contribution is 14.1. The van der Waals surface area contributed by atoms with Crippen LogP contribution in [0.5, 0.6) is 0 Å². The zero-order valence-corrected chi connectivity index (χ0v) is 13.1. The second kappa shape index (κ2) is 4.28. The summed E-state index contributed by atoms with van der Waals surface area (Å²) in [6.07, 6.45) is -0.931. The molecule has 3 fully saturated rings. The molecule has 7 unspecified atom stereocenters. The summed E-state index contributed by atoms with van der Waals surface area (Å²) in [6.45, 7) is 3.80. The predicted octanol–water partition coefficient (Wildman–Crippen LogP) is 1.17. The lowest BCUT2D eigenvalue weighted by Crippen LogP contribution is -2.44. The van der Waals surface area contributed by atoms with Crippen molar-refractivity contribution in [2.24, 2.45) is 17.3 Å². The number of fused-ring (bicyclic) bond motifs is 1. The van der Waals surface area contributed by atoms with Gasteiger partial charge in [0.15, 0.2) is 12.6 Å². The Morgan fingerprint density at radius 3 is 2.84 bits per heavy atom. The first kappa shape index (κ1) is 14.0. The van der Waals surface area contributed by atoms with Crippen molar-refractivity contribution in [3.05, 3.63) is 0 Å². The molecule has 2 bridgehead atoms. The molecule has 2 aliphatic carbocycles. The Bertz CT molecular complexity index is 431. The zero-order valence-electron chi connectivity index (χ0n) is 10.9. The quantitative estimate of drug-likeness (QED) is 0.437. The summed E-state index contributed by atoms with van der Waals surface area (Å²) in [5, 5.41) is 29.4. The number of nitriles is 1. The standard InChI is InChI=1S/C13H18INO4/c1-12(2,14)10(16)18-8-6-3-7-9(8)19-11(17)13(7,4-6)5-15/h6-11,16-17H,3-4H2,1-2H3. The second-order valence-electron chi connectivity index (χ2n) is 6.43. The first-order valence-corrected chi connectivity index (χ1v) is 7.64. The molecular formula is C13H18INO4. The molecule has 3 aliphatic rings. The van der Waals surface area contributed by atoms with Gasteiger partial charge in [-0.05, 0) is 32.6 Å². The minimum atomic E-state index is -1.02. The maximum atomic E-state index is 10.1. The Morgan fingerprint density at radius 1 is 1.58 bits per heavy atom. The van der Waals surface area contributed by atoms with E-state index in [0.717, 1.165) is 6.42 Å².